The Morgan fingerprint density at radius 2 is 1.70 bits per heavy atom. The number of β-amino-alcohol motifs (C(OH)–C–C–N with tert-alkyl or cyclic N) is 1. The van der Waals surface area contributed by atoms with E-state index >= 15 is 0 Å². The molecular formula is C17H26N2O. The Bertz CT molecular complexity index is 418. The summed E-state index contributed by atoms with van der Waals surface area (Å²) >= 11 is 0. The van der Waals surface area contributed by atoms with Crippen molar-refractivity contribution in [3.63, 3.8) is 0 Å². The van der Waals surface area contributed by atoms with E-state index in [-0.39, 0.29) is 6.10 Å². The Balaban J connectivity index is 1.76. The summed E-state index contributed by atoms with van der Waals surface area (Å²) in [5.41, 5.74) is 2.39. The van der Waals surface area contributed by atoms with Gasteiger partial charge in [-0.1, -0.05) is 42.0 Å². The molecule has 0 aromatic heterocycles. The molecule has 0 unspecified atom stereocenters. The predicted molar refractivity (Wildman–Crippen MR) is 83.7 cm³/mol. The van der Waals surface area contributed by atoms with Crippen LogP contribution in [0.15, 0.2) is 42.0 Å². The van der Waals surface area contributed by atoms with Crippen LogP contribution in [0.5, 0.6) is 0 Å². The minimum atomic E-state index is -0.375. The topological polar surface area (TPSA) is 26.7 Å². The monoisotopic (exact) mass is 274 g/mol. The van der Waals surface area contributed by atoms with E-state index in [4.69, 9.17) is 0 Å². The lowest BCUT2D eigenvalue weighted by molar-refractivity contribution is 0.0763. The normalized spacial score (nSPS) is 18.8. The van der Waals surface area contributed by atoms with Crippen molar-refractivity contribution >= 4 is 0 Å². The molecule has 0 aliphatic carbocycles. The summed E-state index contributed by atoms with van der Waals surface area (Å²) < 4.78 is 0. The Hall–Kier alpha value is -1.16. The average molecular weight is 274 g/mol. The van der Waals surface area contributed by atoms with Crippen LogP contribution in [0.3, 0.4) is 0 Å². The van der Waals surface area contributed by atoms with Gasteiger partial charge in [-0.3, -0.25) is 9.80 Å². The Kier molecular flexibility index (Phi) is 5.77. The molecule has 0 amide bonds. The number of aliphatic hydroxyl groups excluding tert-OH is 1. The Labute approximate surface area is 122 Å². The molecule has 2 rings (SSSR count). The number of allylic oxidation sites excluding steroid dienone is 1. The number of benzene rings is 1. The molecule has 1 fully saturated rings. The molecule has 1 aliphatic rings. The lowest BCUT2D eigenvalue weighted by atomic mass is 10.1. The van der Waals surface area contributed by atoms with Gasteiger partial charge in [0.05, 0.1) is 6.10 Å². The molecule has 3 heteroatoms. The van der Waals surface area contributed by atoms with Crippen molar-refractivity contribution in [3.05, 3.63) is 47.5 Å². The fourth-order valence-corrected chi connectivity index (χ4v) is 2.49. The maximum absolute atomic E-state index is 10.3. The molecule has 0 radical (unpaired) electrons. The number of nitrogens with zero attached hydrogens (tertiary/aromatic N) is 2. The number of hydrogen-bond donors (Lipinski definition) is 1. The summed E-state index contributed by atoms with van der Waals surface area (Å²) in [7, 11) is 0. The van der Waals surface area contributed by atoms with E-state index in [1.165, 1.54) is 5.57 Å². The third kappa shape index (κ3) is 4.75. The number of piperazine rings is 1. The minimum absolute atomic E-state index is 0.375. The SMILES string of the molecule is CC(C)=CCN1CCN(C[C@@H](O)c2ccccc2)CC1. The van der Waals surface area contributed by atoms with Crippen molar-refractivity contribution < 1.29 is 5.11 Å². The van der Waals surface area contributed by atoms with Crippen molar-refractivity contribution in [3.8, 4) is 0 Å². The van der Waals surface area contributed by atoms with Gasteiger partial charge in [-0.15, -0.1) is 0 Å². The van der Waals surface area contributed by atoms with E-state index in [0.29, 0.717) is 0 Å². The third-order valence-corrected chi connectivity index (χ3v) is 3.84. The van der Waals surface area contributed by atoms with Crippen LogP contribution >= 0.6 is 0 Å². The van der Waals surface area contributed by atoms with Crippen LogP contribution < -0.4 is 0 Å². The van der Waals surface area contributed by atoms with Gasteiger partial charge in [0.25, 0.3) is 0 Å². The highest BCUT2D eigenvalue weighted by Gasteiger charge is 2.19. The van der Waals surface area contributed by atoms with Crippen LogP contribution in [-0.2, 0) is 0 Å². The number of rotatable bonds is 5. The van der Waals surface area contributed by atoms with Gasteiger partial charge >= 0.3 is 0 Å². The van der Waals surface area contributed by atoms with Gasteiger partial charge in [0.15, 0.2) is 0 Å². The summed E-state index contributed by atoms with van der Waals surface area (Å²) in [5.74, 6) is 0. The summed E-state index contributed by atoms with van der Waals surface area (Å²) in [6, 6.07) is 9.94. The van der Waals surface area contributed by atoms with E-state index in [9.17, 15) is 5.11 Å². The second kappa shape index (κ2) is 7.58. The molecule has 1 N–H and O–H groups in total. The molecule has 1 heterocycles. The van der Waals surface area contributed by atoms with Crippen LogP contribution in [0.1, 0.15) is 25.5 Å². The zero-order chi connectivity index (χ0) is 14.4. The maximum atomic E-state index is 10.3. The summed E-state index contributed by atoms with van der Waals surface area (Å²) in [6.07, 6.45) is 1.91. The van der Waals surface area contributed by atoms with Crippen molar-refractivity contribution in [2.24, 2.45) is 0 Å². The highest BCUT2D eigenvalue weighted by Crippen LogP contribution is 2.14. The molecule has 0 spiro atoms. The van der Waals surface area contributed by atoms with Gasteiger partial charge in [0.2, 0.25) is 0 Å². The van der Waals surface area contributed by atoms with Crippen LogP contribution in [0.4, 0.5) is 0 Å². The van der Waals surface area contributed by atoms with Crippen LogP contribution in [0.2, 0.25) is 0 Å². The van der Waals surface area contributed by atoms with Gasteiger partial charge < -0.3 is 5.11 Å². The van der Waals surface area contributed by atoms with E-state index < -0.39 is 0 Å². The molecule has 1 saturated heterocycles. The van der Waals surface area contributed by atoms with E-state index in [0.717, 1.165) is 44.8 Å². The molecule has 0 saturated carbocycles. The van der Waals surface area contributed by atoms with Gasteiger partial charge in [0, 0.05) is 39.3 Å². The molecule has 1 aliphatic heterocycles. The Morgan fingerprint density at radius 3 is 2.30 bits per heavy atom. The fourth-order valence-electron chi connectivity index (χ4n) is 2.49. The maximum Gasteiger partial charge on any atom is 0.0916 e. The lowest BCUT2D eigenvalue weighted by Crippen LogP contribution is -2.47. The van der Waals surface area contributed by atoms with Gasteiger partial charge in [0.1, 0.15) is 0 Å². The van der Waals surface area contributed by atoms with Crippen LogP contribution in [-0.4, -0.2) is 54.2 Å². The molecule has 110 valence electrons. The first-order valence-electron chi connectivity index (χ1n) is 7.46. The third-order valence-electron chi connectivity index (χ3n) is 3.84. The summed E-state index contributed by atoms with van der Waals surface area (Å²) in [5, 5.41) is 10.3. The molecule has 1 atom stereocenters. The highest BCUT2D eigenvalue weighted by atomic mass is 16.3. The first-order chi connectivity index (χ1) is 9.65. The van der Waals surface area contributed by atoms with E-state index in [1.807, 2.05) is 30.3 Å². The van der Waals surface area contributed by atoms with Gasteiger partial charge in [-0.05, 0) is 19.4 Å². The summed E-state index contributed by atoms with van der Waals surface area (Å²) in [6.45, 7) is 10.3. The van der Waals surface area contributed by atoms with Crippen LogP contribution in [0, 0.1) is 0 Å². The standard InChI is InChI=1S/C17H26N2O/c1-15(2)8-9-18-10-12-19(13-11-18)14-17(20)16-6-4-3-5-7-16/h3-8,17,20H,9-14H2,1-2H3/t17-/m1/s1. The molecule has 1 aromatic rings. The van der Waals surface area contributed by atoms with Crippen molar-refractivity contribution in [1.82, 2.24) is 9.80 Å². The first-order valence-corrected chi connectivity index (χ1v) is 7.46. The molecule has 1 aromatic carbocycles. The zero-order valence-corrected chi connectivity index (χ0v) is 12.6. The van der Waals surface area contributed by atoms with Gasteiger partial charge in [-0.2, -0.15) is 0 Å². The second-order valence-electron chi connectivity index (χ2n) is 5.81. The molecule has 0 bridgehead atoms. The summed E-state index contributed by atoms with van der Waals surface area (Å²) in [4.78, 5) is 4.83. The molecular weight excluding hydrogens is 248 g/mol. The smallest absolute Gasteiger partial charge is 0.0916 e. The quantitative estimate of drug-likeness (QED) is 0.835. The van der Waals surface area contributed by atoms with Crippen molar-refractivity contribution in [2.45, 2.75) is 20.0 Å². The Morgan fingerprint density at radius 1 is 1.10 bits per heavy atom. The minimum Gasteiger partial charge on any atom is -0.387 e. The van der Waals surface area contributed by atoms with E-state index in [2.05, 4.69) is 29.7 Å². The molecule has 20 heavy (non-hydrogen) atoms. The molecule has 3 nitrogen and oxygen atoms in total. The largest absolute Gasteiger partial charge is 0.387 e. The van der Waals surface area contributed by atoms with E-state index in [1.54, 1.807) is 0 Å². The zero-order valence-electron chi connectivity index (χ0n) is 12.6. The second-order valence-corrected chi connectivity index (χ2v) is 5.81. The fraction of sp³-hybridized carbons (Fsp3) is 0.529. The first kappa shape index (κ1) is 15.2. The van der Waals surface area contributed by atoms with Crippen molar-refractivity contribution in [1.29, 1.82) is 0 Å². The lowest BCUT2D eigenvalue weighted by Gasteiger charge is -2.35. The van der Waals surface area contributed by atoms with Gasteiger partial charge in [-0.25, -0.2) is 0 Å². The van der Waals surface area contributed by atoms with Crippen molar-refractivity contribution in [2.75, 3.05) is 39.3 Å². The number of hydrogen-bond acceptors (Lipinski definition) is 3. The predicted octanol–water partition coefficient (Wildman–Crippen LogP) is 2.30. The average Bonchev–Trinajstić information content (AvgIpc) is 2.47. The highest BCUT2D eigenvalue weighted by molar-refractivity contribution is 5.17. The van der Waals surface area contributed by atoms with Crippen LogP contribution in [0.25, 0.3) is 0 Å². The number of aliphatic hydroxyl groups is 1.